The minimum atomic E-state index is -3.83. The van der Waals surface area contributed by atoms with Crippen LogP contribution in [0.4, 0.5) is 0 Å². The van der Waals surface area contributed by atoms with Gasteiger partial charge in [0.1, 0.15) is 10.6 Å². The number of rotatable bonds is 11. The lowest BCUT2D eigenvalue weighted by atomic mass is 10.1. The van der Waals surface area contributed by atoms with Crippen molar-refractivity contribution in [3.8, 4) is 5.75 Å². The summed E-state index contributed by atoms with van der Waals surface area (Å²) in [6.45, 7) is 6.92. The third-order valence-electron chi connectivity index (χ3n) is 4.97. The molecule has 1 heterocycles. The fraction of sp³-hybridized carbons (Fsp3) is 0.619. The summed E-state index contributed by atoms with van der Waals surface area (Å²) in [4.78, 5) is 28.6. The standard InChI is InChI=1S/C21H34N4O6S/c1-16(2)23-32(28,29)19-14-17(6-7-18(19)31-4)21(27)25-11-9-24(10-12-25)15-20(26)22-8-5-13-30-3/h6-7,14,16,23H,5,8-13,15H2,1-4H3,(H,22,26). The van der Waals surface area contributed by atoms with Crippen molar-refractivity contribution in [3.63, 3.8) is 0 Å². The molecule has 32 heavy (non-hydrogen) atoms. The summed E-state index contributed by atoms with van der Waals surface area (Å²) in [5, 5.41) is 2.85. The van der Waals surface area contributed by atoms with Crippen LogP contribution < -0.4 is 14.8 Å². The van der Waals surface area contributed by atoms with Gasteiger partial charge >= 0.3 is 0 Å². The van der Waals surface area contributed by atoms with E-state index in [1.54, 1.807) is 31.9 Å². The van der Waals surface area contributed by atoms with Crippen molar-refractivity contribution in [2.75, 3.05) is 60.1 Å². The van der Waals surface area contributed by atoms with Gasteiger partial charge < -0.3 is 19.7 Å². The van der Waals surface area contributed by atoms with Crippen LogP contribution in [0.25, 0.3) is 0 Å². The van der Waals surface area contributed by atoms with Gasteiger partial charge in [0.25, 0.3) is 5.91 Å². The molecule has 0 atom stereocenters. The first-order valence-corrected chi connectivity index (χ1v) is 12.1. The lowest BCUT2D eigenvalue weighted by Crippen LogP contribution is -2.51. The molecule has 1 aromatic rings. The molecule has 1 fully saturated rings. The van der Waals surface area contributed by atoms with Crippen LogP contribution in [-0.4, -0.2) is 96.2 Å². The van der Waals surface area contributed by atoms with Crippen LogP contribution in [0.2, 0.25) is 0 Å². The summed E-state index contributed by atoms with van der Waals surface area (Å²) < 4.78 is 38.0. The van der Waals surface area contributed by atoms with Crippen molar-refractivity contribution in [2.24, 2.45) is 0 Å². The number of hydrogen-bond donors (Lipinski definition) is 2. The zero-order chi connectivity index (χ0) is 23.7. The molecule has 1 saturated heterocycles. The average Bonchev–Trinajstić information content (AvgIpc) is 2.75. The van der Waals surface area contributed by atoms with Crippen LogP contribution in [0.15, 0.2) is 23.1 Å². The number of benzene rings is 1. The van der Waals surface area contributed by atoms with E-state index in [1.165, 1.54) is 19.2 Å². The molecule has 10 nitrogen and oxygen atoms in total. The first kappa shape index (κ1) is 26.0. The summed E-state index contributed by atoms with van der Waals surface area (Å²) >= 11 is 0. The molecule has 0 aliphatic carbocycles. The Balaban J connectivity index is 1.98. The van der Waals surface area contributed by atoms with Gasteiger partial charge in [-0.05, 0) is 38.5 Å². The van der Waals surface area contributed by atoms with E-state index < -0.39 is 10.0 Å². The number of carbonyl (C=O) groups is 2. The van der Waals surface area contributed by atoms with E-state index in [-0.39, 0.29) is 40.6 Å². The van der Waals surface area contributed by atoms with E-state index in [2.05, 4.69) is 10.0 Å². The second kappa shape index (κ2) is 12.1. The molecule has 0 saturated carbocycles. The van der Waals surface area contributed by atoms with Gasteiger partial charge in [0.2, 0.25) is 15.9 Å². The SMILES string of the molecule is COCCCNC(=O)CN1CCN(C(=O)c2ccc(OC)c(S(=O)(=O)NC(C)C)c2)CC1. The summed E-state index contributed by atoms with van der Waals surface area (Å²) in [5.74, 6) is -0.128. The lowest BCUT2D eigenvalue weighted by Gasteiger charge is -2.34. The Bertz CT molecular complexity index is 882. The smallest absolute Gasteiger partial charge is 0.253 e. The first-order chi connectivity index (χ1) is 15.2. The quantitative estimate of drug-likeness (QED) is 0.447. The number of sulfonamides is 1. The normalized spacial score (nSPS) is 15.1. The fourth-order valence-electron chi connectivity index (χ4n) is 3.39. The topological polar surface area (TPSA) is 117 Å². The Labute approximate surface area is 190 Å². The Morgan fingerprint density at radius 3 is 2.41 bits per heavy atom. The van der Waals surface area contributed by atoms with Crippen molar-refractivity contribution in [3.05, 3.63) is 23.8 Å². The third kappa shape index (κ3) is 7.44. The lowest BCUT2D eigenvalue weighted by molar-refractivity contribution is -0.122. The van der Waals surface area contributed by atoms with E-state index in [0.717, 1.165) is 6.42 Å². The summed E-state index contributed by atoms with van der Waals surface area (Å²) in [5.41, 5.74) is 0.277. The maximum Gasteiger partial charge on any atom is 0.253 e. The Morgan fingerprint density at radius 1 is 1.12 bits per heavy atom. The number of hydrogen-bond acceptors (Lipinski definition) is 7. The van der Waals surface area contributed by atoms with Crippen LogP contribution in [-0.2, 0) is 19.6 Å². The Morgan fingerprint density at radius 2 is 1.81 bits per heavy atom. The van der Waals surface area contributed by atoms with Gasteiger partial charge in [-0.15, -0.1) is 0 Å². The zero-order valence-electron chi connectivity index (χ0n) is 19.2. The number of nitrogens with zero attached hydrogens (tertiary/aromatic N) is 2. The highest BCUT2D eigenvalue weighted by Crippen LogP contribution is 2.26. The van der Waals surface area contributed by atoms with Crippen LogP contribution >= 0.6 is 0 Å². The molecule has 11 heteroatoms. The molecule has 0 radical (unpaired) electrons. The van der Waals surface area contributed by atoms with E-state index in [4.69, 9.17) is 9.47 Å². The molecule has 1 aliphatic heterocycles. The highest BCUT2D eigenvalue weighted by Gasteiger charge is 2.26. The van der Waals surface area contributed by atoms with Crippen molar-refractivity contribution in [1.29, 1.82) is 0 Å². The maximum absolute atomic E-state index is 13.0. The molecule has 1 aromatic carbocycles. The summed E-state index contributed by atoms with van der Waals surface area (Å²) in [6.07, 6.45) is 0.761. The largest absolute Gasteiger partial charge is 0.495 e. The van der Waals surface area contributed by atoms with Crippen LogP contribution in [0.3, 0.4) is 0 Å². The van der Waals surface area contributed by atoms with Crippen molar-refractivity contribution in [2.45, 2.75) is 31.2 Å². The number of amides is 2. The molecule has 180 valence electrons. The molecular formula is C21H34N4O6S. The number of methoxy groups -OCH3 is 2. The first-order valence-electron chi connectivity index (χ1n) is 10.7. The van der Waals surface area contributed by atoms with E-state index in [1.807, 2.05) is 4.90 Å². The highest BCUT2D eigenvalue weighted by molar-refractivity contribution is 7.89. The number of piperazine rings is 1. The molecule has 0 aromatic heterocycles. The van der Waals surface area contributed by atoms with Crippen LogP contribution in [0.5, 0.6) is 5.75 Å². The molecule has 2 rings (SSSR count). The Kier molecular flexibility index (Phi) is 9.88. The predicted octanol–water partition coefficient (Wildman–Crippen LogP) is 0.292. The van der Waals surface area contributed by atoms with Gasteiger partial charge in [0, 0.05) is 58.0 Å². The fourth-order valence-corrected chi connectivity index (χ4v) is 4.83. The van der Waals surface area contributed by atoms with E-state index in [0.29, 0.717) is 39.3 Å². The minimum Gasteiger partial charge on any atom is -0.495 e. The van der Waals surface area contributed by atoms with Gasteiger partial charge in [-0.25, -0.2) is 13.1 Å². The molecular weight excluding hydrogens is 436 g/mol. The van der Waals surface area contributed by atoms with Gasteiger partial charge in [0.05, 0.1) is 13.7 Å². The van der Waals surface area contributed by atoms with Gasteiger partial charge in [-0.3, -0.25) is 14.5 Å². The number of carbonyl (C=O) groups excluding carboxylic acids is 2. The highest BCUT2D eigenvalue weighted by atomic mass is 32.2. The minimum absolute atomic E-state index is 0.0523. The van der Waals surface area contributed by atoms with E-state index >= 15 is 0 Å². The zero-order valence-corrected chi connectivity index (χ0v) is 20.0. The number of nitrogens with one attached hydrogen (secondary N) is 2. The van der Waals surface area contributed by atoms with Crippen molar-refractivity contribution < 1.29 is 27.5 Å². The third-order valence-corrected chi connectivity index (χ3v) is 6.64. The summed E-state index contributed by atoms with van der Waals surface area (Å²) in [6, 6.07) is 4.11. The second-order valence-electron chi connectivity index (χ2n) is 7.91. The van der Waals surface area contributed by atoms with Gasteiger partial charge in [0.15, 0.2) is 0 Å². The van der Waals surface area contributed by atoms with Crippen LogP contribution in [0, 0.1) is 0 Å². The predicted molar refractivity (Wildman–Crippen MR) is 120 cm³/mol. The average molecular weight is 471 g/mol. The molecule has 0 spiro atoms. The Hall–Kier alpha value is -2.21. The van der Waals surface area contributed by atoms with Gasteiger partial charge in [-0.2, -0.15) is 0 Å². The molecule has 2 amide bonds. The molecule has 0 bridgehead atoms. The second-order valence-corrected chi connectivity index (χ2v) is 9.59. The number of ether oxygens (including phenoxy) is 2. The van der Waals surface area contributed by atoms with Crippen molar-refractivity contribution in [1.82, 2.24) is 19.8 Å². The summed E-state index contributed by atoms with van der Waals surface area (Å²) in [7, 11) is -0.820. The monoisotopic (exact) mass is 470 g/mol. The molecule has 0 unspecified atom stereocenters. The van der Waals surface area contributed by atoms with Gasteiger partial charge in [-0.1, -0.05) is 0 Å². The van der Waals surface area contributed by atoms with E-state index in [9.17, 15) is 18.0 Å². The van der Waals surface area contributed by atoms with Crippen LogP contribution in [0.1, 0.15) is 30.6 Å². The molecule has 1 aliphatic rings. The van der Waals surface area contributed by atoms with Crippen molar-refractivity contribution >= 4 is 21.8 Å². The molecule has 2 N–H and O–H groups in total. The maximum atomic E-state index is 13.0.